The van der Waals surface area contributed by atoms with Crippen LogP contribution >= 0.6 is 0 Å². The second-order valence-corrected chi connectivity index (χ2v) is 6.28. The molecule has 108 valence electrons. The molecule has 1 aromatic carbocycles. The minimum absolute atomic E-state index is 0.0906. The lowest BCUT2D eigenvalue weighted by Gasteiger charge is -2.18. The van der Waals surface area contributed by atoms with E-state index in [4.69, 9.17) is 10.8 Å². The van der Waals surface area contributed by atoms with Crippen molar-refractivity contribution in [2.75, 3.05) is 25.9 Å². The maximum absolute atomic E-state index is 13.3. The van der Waals surface area contributed by atoms with Gasteiger partial charge in [0, 0.05) is 20.2 Å². The fraction of sp³-hybridized carbons (Fsp3) is 0.500. The Morgan fingerprint density at radius 3 is 2.63 bits per heavy atom. The molecule has 0 aromatic heterocycles. The van der Waals surface area contributed by atoms with E-state index in [9.17, 15) is 12.8 Å². The topological polar surface area (TPSA) is 83.6 Å². The Hall–Kier alpha value is -1.18. The van der Waals surface area contributed by atoms with E-state index in [1.807, 2.05) is 0 Å². The Balaban J connectivity index is 2.82. The van der Waals surface area contributed by atoms with Crippen LogP contribution in [0.4, 0.5) is 10.1 Å². The largest absolute Gasteiger partial charge is 0.396 e. The molecule has 1 rings (SSSR count). The first kappa shape index (κ1) is 15.9. The molecule has 1 aromatic rings. The van der Waals surface area contributed by atoms with Crippen LogP contribution in [-0.4, -0.2) is 38.0 Å². The predicted octanol–water partition coefficient (Wildman–Crippen LogP) is 1.19. The number of nitrogens with two attached hydrogens (primary N) is 1. The van der Waals surface area contributed by atoms with Crippen molar-refractivity contribution in [2.24, 2.45) is 0 Å². The van der Waals surface area contributed by atoms with Crippen LogP contribution < -0.4 is 5.73 Å². The Bertz CT molecular complexity index is 520. The Kier molecular flexibility index (Phi) is 5.71. The Labute approximate surface area is 112 Å². The number of hydrogen-bond acceptors (Lipinski definition) is 4. The highest BCUT2D eigenvalue weighted by molar-refractivity contribution is 7.89. The number of benzene rings is 1. The molecule has 5 nitrogen and oxygen atoms in total. The van der Waals surface area contributed by atoms with Gasteiger partial charge in [0.2, 0.25) is 10.0 Å². The number of hydrogen-bond donors (Lipinski definition) is 2. The van der Waals surface area contributed by atoms with Gasteiger partial charge in [-0.2, -0.15) is 0 Å². The average molecular weight is 290 g/mol. The molecule has 0 bridgehead atoms. The van der Waals surface area contributed by atoms with E-state index >= 15 is 0 Å². The summed E-state index contributed by atoms with van der Waals surface area (Å²) in [7, 11) is -2.34. The van der Waals surface area contributed by atoms with Crippen molar-refractivity contribution in [2.45, 2.75) is 24.2 Å². The van der Waals surface area contributed by atoms with Gasteiger partial charge in [0.15, 0.2) is 0 Å². The first-order chi connectivity index (χ1) is 8.91. The van der Waals surface area contributed by atoms with Crippen LogP contribution in [0.3, 0.4) is 0 Å². The van der Waals surface area contributed by atoms with Crippen LogP contribution in [0.25, 0.3) is 0 Å². The summed E-state index contributed by atoms with van der Waals surface area (Å²) in [6, 6.07) is 3.73. The third kappa shape index (κ3) is 3.89. The summed E-state index contributed by atoms with van der Waals surface area (Å²) in [5.41, 5.74) is 5.11. The summed E-state index contributed by atoms with van der Waals surface area (Å²) in [5, 5.41) is 8.65. The number of halogens is 1. The van der Waals surface area contributed by atoms with Crippen molar-refractivity contribution in [3.63, 3.8) is 0 Å². The van der Waals surface area contributed by atoms with E-state index in [1.165, 1.54) is 19.2 Å². The van der Waals surface area contributed by atoms with Crippen molar-refractivity contribution in [3.05, 3.63) is 24.0 Å². The third-order valence-corrected chi connectivity index (χ3v) is 4.75. The molecular weight excluding hydrogens is 271 g/mol. The summed E-state index contributed by atoms with van der Waals surface area (Å²) in [4.78, 5) is -0.211. The monoisotopic (exact) mass is 290 g/mol. The van der Waals surface area contributed by atoms with E-state index in [-0.39, 0.29) is 17.2 Å². The minimum atomic E-state index is -3.77. The number of nitrogens with zero attached hydrogens (tertiary/aromatic N) is 1. The molecule has 0 saturated carbocycles. The summed E-state index contributed by atoms with van der Waals surface area (Å²) in [5.74, 6) is -0.741. The van der Waals surface area contributed by atoms with Gasteiger partial charge in [-0.05, 0) is 31.4 Å². The van der Waals surface area contributed by atoms with E-state index in [2.05, 4.69) is 0 Å². The number of unbranched alkanes of at least 4 members (excludes halogenated alkanes) is 2. The maximum Gasteiger partial charge on any atom is 0.244 e. The van der Waals surface area contributed by atoms with Crippen LogP contribution in [-0.2, 0) is 10.0 Å². The lowest BCUT2D eigenvalue weighted by molar-refractivity contribution is 0.281. The first-order valence-corrected chi connectivity index (χ1v) is 7.46. The second-order valence-electron chi connectivity index (χ2n) is 4.26. The quantitative estimate of drug-likeness (QED) is 0.583. The summed E-state index contributed by atoms with van der Waals surface area (Å²) in [6.07, 6.45) is 2.00. The molecule has 0 fully saturated rings. The van der Waals surface area contributed by atoms with Gasteiger partial charge in [-0.1, -0.05) is 6.07 Å². The molecule has 0 aliphatic heterocycles. The molecule has 0 atom stereocenters. The number of rotatable bonds is 7. The molecule has 3 N–H and O–H groups in total. The van der Waals surface area contributed by atoms with Crippen molar-refractivity contribution in [1.29, 1.82) is 0 Å². The molecule has 0 radical (unpaired) electrons. The van der Waals surface area contributed by atoms with Crippen LogP contribution in [0.15, 0.2) is 23.1 Å². The van der Waals surface area contributed by atoms with E-state index in [0.29, 0.717) is 19.4 Å². The average Bonchev–Trinajstić information content (AvgIpc) is 2.37. The highest BCUT2D eigenvalue weighted by Crippen LogP contribution is 2.24. The third-order valence-electron chi connectivity index (χ3n) is 2.83. The van der Waals surface area contributed by atoms with Crippen LogP contribution in [0, 0.1) is 5.82 Å². The van der Waals surface area contributed by atoms with Crippen molar-refractivity contribution in [3.8, 4) is 0 Å². The van der Waals surface area contributed by atoms with Gasteiger partial charge >= 0.3 is 0 Å². The van der Waals surface area contributed by atoms with E-state index in [0.717, 1.165) is 16.8 Å². The molecule has 0 aliphatic rings. The van der Waals surface area contributed by atoms with Gasteiger partial charge in [0.25, 0.3) is 0 Å². The summed E-state index contributed by atoms with van der Waals surface area (Å²) < 4.78 is 38.8. The molecule has 7 heteroatoms. The van der Waals surface area contributed by atoms with Crippen LogP contribution in [0.1, 0.15) is 19.3 Å². The zero-order valence-corrected chi connectivity index (χ0v) is 11.7. The van der Waals surface area contributed by atoms with E-state index < -0.39 is 15.8 Å². The molecule has 19 heavy (non-hydrogen) atoms. The highest BCUT2D eigenvalue weighted by Gasteiger charge is 2.24. The molecule has 0 unspecified atom stereocenters. The lowest BCUT2D eigenvalue weighted by atomic mass is 10.2. The number of aliphatic hydroxyl groups is 1. The standard InChI is InChI=1S/C12H19FN2O3S/c1-15(8-3-2-4-9-16)19(17,18)11-7-5-6-10(13)12(11)14/h5-7,16H,2-4,8-9,14H2,1H3. The van der Waals surface area contributed by atoms with Crippen molar-refractivity contribution < 1.29 is 17.9 Å². The highest BCUT2D eigenvalue weighted by atomic mass is 32.2. The number of anilines is 1. The van der Waals surface area contributed by atoms with Crippen molar-refractivity contribution >= 4 is 15.7 Å². The first-order valence-electron chi connectivity index (χ1n) is 6.02. The lowest BCUT2D eigenvalue weighted by Crippen LogP contribution is -2.28. The van der Waals surface area contributed by atoms with Gasteiger partial charge in [0.05, 0.1) is 5.69 Å². The SMILES string of the molecule is CN(CCCCCO)S(=O)(=O)c1cccc(F)c1N. The van der Waals surface area contributed by atoms with Gasteiger partial charge in [-0.3, -0.25) is 0 Å². The zero-order chi connectivity index (χ0) is 14.5. The van der Waals surface area contributed by atoms with E-state index in [1.54, 1.807) is 0 Å². The normalized spacial score (nSPS) is 12.0. The molecular formula is C12H19FN2O3S. The Morgan fingerprint density at radius 1 is 1.32 bits per heavy atom. The molecule has 0 saturated heterocycles. The van der Waals surface area contributed by atoms with Crippen LogP contribution in [0.5, 0.6) is 0 Å². The fourth-order valence-corrected chi connectivity index (χ4v) is 2.98. The number of para-hydroxylation sites is 1. The number of aliphatic hydroxyl groups excluding tert-OH is 1. The second kappa shape index (κ2) is 6.83. The van der Waals surface area contributed by atoms with Crippen LogP contribution in [0.2, 0.25) is 0 Å². The van der Waals surface area contributed by atoms with Gasteiger partial charge in [-0.15, -0.1) is 0 Å². The smallest absolute Gasteiger partial charge is 0.244 e. The molecule has 0 heterocycles. The molecule has 0 spiro atoms. The minimum Gasteiger partial charge on any atom is -0.396 e. The fourth-order valence-electron chi connectivity index (χ4n) is 1.65. The Morgan fingerprint density at radius 2 is 2.00 bits per heavy atom. The number of sulfonamides is 1. The summed E-state index contributed by atoms with van der Waals surface area (Å²) in [6.45, 7) is 0.394. The number of nitrogen functional groups attached to an aromatic ring is 1. The summed E-state index contributed by atoms with van der Waals surface area (Å²) >= 11 is 0. The van der Waals surface area contributed by atoms with Gasteiger partial charge in [-0.25, -0.2) is 17.1 Å². The van der Waals surface area contributed by atoms with Crippen molar-refractivity contribution in [1.82, 2.24) is 4.31 Å². The zero-order valence-electron chi connectivity index (χ0n) is 10.8. The predicted molar refractivity (Wildman–Crippen MR) is 71.6 cm³/mol. The van der Waals surface area contributed by atoms with Gasteiger partial charge < -0.3 is 10.8 Å². The molecule has 0 aliphatic carbocycles. The molecule has 0 amide bonds. The maximum atomic E-state index is 13.3. The van der Waals surface area contributed by atoms with Gasteiger partial charge in [0.1, 0.15) is 10.7 Å².